The molecule has 1 N–H and O–H groups in total. The maximum Gasteiger partial charge on any atom is 0.235 e. The number of halogens is 1. The quantitative estimate of drug-likeness (QED) is 0.755. The smallest absolute Gasteiger partial charge is 0.235 e. The molecule has 1 heterocycles. The SMILES string of the molecule is CC1CC12C(=O)Nc1c(Br)cccc12. The highest BCUT2D eigenvalue weighted by molar-refractivity contribution is 9.10. The normalized spacial score (nSPS) is 33.0. The molecule has 1 aliphatic heterocycles. The van der Waals surface area contributed by atoms with Crippen LogP contribution in [0.5, 0.6) is 0 Å². The molecule has 1 amide bonds. The van der Waals surface area contributed by atoms with Crippen LogP contribution in [0.1, 0.15) is 18.9 Å². The van der Waals surface area contributed by atoms with Crippen LogP contribution in [-0.4, -0.2) is 5.91 Å². The highest BCUT2D eigenvalue weighted by Gasteiger charge is 2.62. The molecule has 1 fully saturated rings. The molecule has 1 saturated carbocycles. The molecule has 2 aliphatic rings. The number of hydrogen-bond acceptors (Lipinski definition) is 1. The molecule has 0 bridgehead atoms. The van der Waals surface area contributed by atoms with Gasteiger partial charge in [-0.1, -0.05) is 19.1 Å². The van der Waals surface area contributed by atoms with Crippen LogP contribution in [0, 0.1) is 5.92 Å². The molecule has 3 rings (SSSR count). The number of anilines is 1. The molecular formula is C11H10BrNO. The Morgan fingerprint density at radius 3 is 2.93 bits per heavy atom. The van der Waals surface area contributed by atoms with Gasteiger partial charge in [0.1, 0.15) is 0 Å². The van der Waals surface area contributed by atoms with Crippen LogP contribution < -0.4 is 5.32 Å². The molecule has 3 heteroatoms. The van der Waals surface area contributed by atoms with Gasteiger partial charge in [-0.25, -0.2) is 0 Å². The van der Waals surface area contributed by atoms with Gasteiger partial charge in [0.2, 0.25) is 5.91 Å². The number of benzene rings is 1. The Balaban J connectivity index is 2.24. The van der Waals surface area contributed by atoms with E-state index in [1.54, 1.807) is 0 Å². The Hall–Kier alpha value is -0.830. The zero-order valence-corrected chi connectivity index (χ0v) is 9.39. The summed E-state index contributed by atoms with van der Waals surface area (Å²) in [6, 6.07) is 6.02. The zero-order chi connectivity index (χ0) is 9.92. The van der Waals surface area contributed by atoms with Crippen molar-refractivity contribution < 1.29 is 4.79 Å². The summed E-state index contributed by atoms with van der Waals surface area (Å²) in [6.45, 7) is 2.13. The fourth-order valence-electron chi connectivity index (χ4n) is 2.49. The van der Waals surface area contributed by atoms with E-state index in [9.17, 15) is 4.79 Å². The monoisotopic (exact) mass is 251 g/mol. The van der Waals surface area contributed by atoms with Crippen molar-refractivity contribution in [3.8, 4) is 0 Å². The molecule has 1 spiro atoms. The minimum Gasteiger partial charge on any atom is -0.324 e. The van der Waals surface area contributed by atoms with E-state index in [4.69, 9.17) is 0 Å². The summed E-state index contributed by atoms with van der Waals surface area (Å²) in [5.74, 6) is 0.657. The van der Waals surface area contributed by atoms with Crippen LogP contribution in [-0.2, 0) is 10.2 Å². The Morgan fingerprint density at radius 2 is 2.29 bits per heavy atom. The van der Waals surface area contributed by atoms with Gasteiger partial charge in [0.05, 0.1) is 11.1 Å². The first-order chi connectivity index (χ1) is 6.66. The van der Waals surface area contributed by atoms with Gasteiger partial charge in [-0.05, 0) is 39.9 Å². The summed E-state index contributed by atoms with van der Waals surface area (Å²) >= 11 is 3.46. The largest absolute Gasteiger partial charge is 0.324 e. The molecule has 14 heavy (non-hydrogen) atoms. The van der Waals surface area contributed by atoms with Gasteiger partial charge < -0.3 is 5.32 Å². The van der Waals surface area contributed by atoms with Crippen molar-refractivity contribution in [3.63, 3.8) is 0 Å². The van der Waals surface area contributed by atoms with Crippen molar-refractivity contribution >= 4 is 27.5 Å². The topological polar surface area (TPSA) is 29.1 Å². The Kier molecular flexibility index (Phi) is 1.45. The van der Waals surface area contributed by atoms with Crippen LogP contribution in [0.3, 0.4) is 0 Å². The van der Waals surface area contributed by atoms with Crippen molar-refractivity contribution in [1.29, 1.82) is 0 Å². The lowest BCUT2D eigenvalue weighted by molar-refractivity contribution is -0.118. The van der Waals surface area contributed by atoms with Gasteiger partial charge in [-0.15, -0.1) is 0 Å². The Morgan fingerprint density at radius 1 is 1.57 bits per heavy atom. The Labute approximate surface area is 90.8 Å². The van der Waals surface area contributed by atoms with Crippen LogP contribution in [0.2, 0.25) is 0 Å². The van der Waals surface area contributed by atoms with E-state index in [2.05, 4.69) is 34.2 Å². The van der Waals surface area contributed by atoms with Crippen molar-refractivity contribution in [1.82, 2.24) is 0 Å². The predicted octanol–water partition coefficient (Wildman–Crippen LogP) is 2.68. The number of rotatable bonds is 0. The highest BCUT2D eigenvalue weighted by Crippen LogP contribution is 2.60. The number of para-hydroxylation sites is 1. The van der Waals surface area contributed by atoms with E-state index in [-0.39, 0.29) is 11.3 Å². The highest BCUT2D eigenvalue weighted by atomic mass is 79.9. The maximum atomic E-state index is 11.8. The third kappa shape index (κ3) is 0.793. The first-order valence-electron chi connectivity index (χ1n) is 4.76. The molecule has 1 aliphatic carbocycles. The lowest BCUT2D eigenvalue weighted by Gasteiger charge is -2.05. The van der Waals surface area contributed by atoms with E-state index in [1.165, 1.54) is 5.56 Å². The molecule has 0 radical (unpaired) electrons. The van der Waals surface area contributed by atoms with Gasteiger partial charge in [0.25, 0.3) is 0 Å². The van der Waals surface area contributed by atoms with E-state index in [1.807, 2.05) is 12.1 Å². The number of nitrogens with one attached hydrogen (secondary N) is 1. The van der Waals surface area contributed by atoms with Crippen LogP contribution in [0.15, 0.2) is 22.7 Å². The lowest BCUT2D eigenvalue weighted by atomic mass is 9.95. The minimum absolute atomic E-state index is 0.173. The number of hydrogen-bond donors (Lipinski definition) is 1. The van der Waals surface area contributed by atoms with E-state index in [0.717, 1.165) is 16.6 Å². The molecule has 2 nitrogen and oxygen atoms in total. The Bertz CT molecular complexity index is 443. The molecule has 2 atom stereocenters. The number of carbonyl (C=O) groups excluding carboxylic acids is 1. The fourth-order valence-corrected chi connectivity index (χ4v) is 2.95. The van der Waals surface area contributed by atoms with Gasteiger partial charge in [0.15, 0.2) is 0 Å². The fraction of sp³-hybridized carbons (Fsp3) is 0.364. The van der Waals surface area contributed by atoms with Gasteiger partial charge in [0, 0.05) is 4.47 Å². The third-order valence-corrected chi connectivity index (χ3v) is 4.11. The van der Waals surface area contributed by atoms with Crippen molar-refractivity contribution in [2.75, 3.05) is 5.32 Å². The summed E-state index contributed by atoms with van der Waals surface area (Å²) < 4.78 is 0.985. The second-order valence-electron chi connectivity index (χ2n) is 4.19. The molecule has 2 unspecified atom stereocenters. The van der Waals surface area contributed by atoms with Crippen molar-refractivity contribution in [3.05, 3.63) is 28.2 Å². The third-order valence-electron chi connectivity index (χ3n) is 3.45. The number of amides is 1. The number of carbonyl (C=O) groups is 1. The summed E-state index contributed by atoms with van der Waals surface area (Å²) in [5.41, 5.74) is 1.95. The number of fused-ring (bicyclic) bond motifs is 2. The van der Waals surface area contributed by atoms with E-state index < -0.39 is 0 Å². The standard InChI is InChI=1S/C11H10BrNO/c1-6-5-11(6)7-3-2-4-8(12)9(7)13-10(11)14/h2-4,6H,5H2,1H3,(H,13,14). The summed E-state index contributed by atoms with van der Waals surface area (Å²) in [4.78, 5) is 11.8. The van der Waals surface area contributed by atoms with Gasteiger partial charge in [-0.2, -0.15) is 0 Å². The minimum atomic E-state index is -0.195. The molecule has 1 aromatic carbocycles. The lowest BCUT2D eigenvalue weighted by Crippen LogP contribution is -2.20. The molecule has 0 saturated heterocycles. The van der Waals surface area contributed by atoms with E-state index >= 15 is 0 Å². The second-order valence-corrected chi connectivity index (χ2v) is 5.05. The predicted molar refractivity (Wildman–Crippen MR) is 58.2 cm³/mol. The van der Waals surface area contributed by atoms with Crippen molar-refractivity contribution in [2.45, 2.75) is 18.8 Å². The van der Waals surface area contributed by atoms with Gasteiger partial charge in [-0.3, -0.25) is 4.79 Å². The average molecular weight is 252 g/mol. The van der Waals surface area contributed by atoms with Crippen LogP contribution in [0.25, 0.3) is 0 Å². The second kappa shape index (κ2) is 2.40. The molecular weight excluding hydrogens is 242 g/mol. The van der Waals surface area contributed by atoms with Crippen LogP contribution in [0.4, 0.5) is 5.69 Å². The first kappa shape index (κ1) is 8.48. The molecule has 72 valence electrons. The molecule has 0 aromatic heterocycles. The maximum absolute atomic E-state index is 11.8. The van der Waals surface area contributed by atoms with E-state index in [0.29, 0.717) is 5.92 Å². The summed E-state index contributed by atoms with van der Waals surface area (Å²) in [5, 5.41) is 2.96. The molecule has 1 aromatic rings. The first-order valence-corrected chi connectivity index (χ1v) is 5.56. The van der Waals surface area contributed by atoms with Crippen molar-refractivity contribution in [2.24, 2.45) is 5.92 Å². The average Bonchev–Trinajstić information content (AvgIpc) is 2.73. The van der Waals surface area contributed by atoms with Gasteiger partial charge >= 0.3 is 0 Å². The summed E-state index contributed by atoms with van der Waals surface area (Å²) in [6.07, 6.45) is 0.988. The van der Waals surface area contributed by atoms with Crippen LogP contribution >= 0.6 is 15.9 Å². The summed E-state index contributed by atoms with van der Waals surface area (Å²) in [7, 11) is 0. The zero-order valence-electron chi connectivity index (χ0n) is 7.80.